The van der Waals surface area contributed by atoms with Crippen LogP contribution >= 0.6 is 0 Å². The van der Waals surface area contributed by atoms with Crippen LogP contribution in [0, 0.1) is 11.3 Å². The third-order valence-electron chi connectivity index (χ3n) is 6.01. The van der Waals surface area contributed by atoms with Gasteiger partial charge < -0.3 is 24.8 Å². The second-order valence-corrected chi connectivity index (χ2v) is 8.91. The number of nitriles is 1. The lowest BCUT2D eigenvalue weighted by molar-refractivity contribution is -0.00346. The Morgan fingerprint density at radius 2 is 2.00 bits per heavy atom. The summed E-state index contributed by atoms with van der Waals surface area (Å²) in [4.78, 5) is 25.2. The largest absolute Gasteiger partial charge is 0.495 e. The molecule has 0 unspecified atom stereocenters. The molecular weight excluding hydrogens is 500 g/mol. The van der Waals surface area contributed by atoms with Gasteiger partial charge in [-0.2, -0.15) is 10.4 Å². The molecule has 4 aromatic rings. The van der Waals surface area contributed by atoms with Gasteiger partial charge in [0.25, 0.3) is 5.91 Å². The third-order valence-corrected chi connectivity index (χ3v) is 6.01. The van der Waals surface area contributed by atoms with Gasteiger partial charge in [-0.05, 0) is 42.8 Å². The molecule has 1 saturated heterocycles. The van der Waals surface area contributed by atoms with Crippen LogP contribution in [0.15, 0.2) is 61.4 Å². The molecule has 2 N–H and O–H groups in total. The molecule has 0 aliphatic carbocycles. The van der Waals surface area contributed by atoms with Crippen LogP contribution in [0.1, 0.15) is 22.8 Å². The second kappa shape index (κ2) is 11.6. The summed E-state index contributed by atoms with van der Waals surface area (Å²) < 4.78 is 18.3. The minimum absolute atomic E-state index is 0.0370. The van der Waals surface area contributed by atoms with Crippen molar-refractivity contribution in [3.8, 4) is 28.7 Å². The average molecular weight is 527 g/mol. The Labute approximate surface area is 224 Å². The maximum atomic E-state index is 12.5. The fourth-order valence-electron chi connectivity index (χ4n) is 3.92. The molecule has 0 spiro atoms. The first kappa shape index (κ1) is 25.6. The van der Waals surface area contributed by atoms with E-state index in [-0.39, 0.29) is 18.1 Å². The Balaban J connectivity index is 1.28. The lowest BCUT2D eigenvalue weighted by atomic mass is 10.1. The number of hydrogen-bond donors (Lipinski definition) is 2. The number of rotatable bonds is 10. The van der Waals surface area contributed by atoms with Gasteiger partial charge in [0.15, 0.2) is 0 Å². The van der Waals surface area contributed by atoms with Crippen molar-refractivity contribution in [1.29, 1.82) is 5.26 Å². The van der Waals surface area contributed by atoms with Crippen LogP contribution in [0.25, 0.3) is 11.1 Å². The minimum atomic E-state index is -0.239. The monoisotopic (exact) mass is 526 g/mol. The molecule has 0 radical (unpaired) electrons. The number of nitrogens with zero attached hydrogens (tertiary/aromatic N) is 6. The van der Waals surface area contributed by atoms with Crippen LogP contribution in [-0.2, 0) is 11.3 Å². The van der Waals surface area contributed by atoms with Gasteiger partial charge in [-0.15, -0.1) is 0 Å². The highest BCUT2D eigenvalue weighted by atomic mass is 16.5. The van der Waals surface area contributed by atoms with Crippen LogP contribution in [0.3, 0.4) is 0 Å². The average Bonchev–Trinajstić information content (AvgIpc) is 3.44. The minimum Gasteiger partial charge on any atom is -0.495 e. The number of hydrogen-bond acceptors (Lipinski definition) is 10. The Kier molecular flexibility index (Phi) is 7.60. The van der Waals surface area contributed by atoms with Gasteiger partial charge in [-0.25, -0.2) is 19.6 Å². The summed E-state index contributed by atoms with van der Waals surface area (Å²) in [5.74, 6) is 1.11. The van der Waals surface area contributed by atoms with Gasteiger partial charge in [-0.3, -0.25) is 4.79 Å². The van der Waals surface area contributed by atoms with Gasteiger partial charge >= 0.3 is 0 Å². The lowest BCUT2D eigenvalue weighted by Gasteiger charge is -2.26. The maximum absolute atomic E-state index is 12.5. The number of ether oxygens (including phenoxy) is 3. The lowest BCUT2D eigenvalue weighted by Crippen LogP contribution is -2.48. The van der Waals surface area contributed by atoms with Crippen molar-refractivity contribution in [1.82, 2.24) is 30.0 Å². The van der Waals surface area contributed by atoms with E-state index in [1.807, 2.05) is 13.0 Å². The number of methoxy groups -OCH3 is 1. The first-order chi connectivity index (χ1) is 19.0. The van der Waals surface area contributed by atoms with Crippen LogP contribution in [0.2, 0.25) is 0 Å². The van der Waals surface area contributed by atoms with E-state index in [0.717, 1.165) is 11.1 Å². The summed E-state index contributed by atoms with van der Waals surface area (Å²) in [6.45, 7) is 3.43. The Morgan fingerprint density at radius 3 is 2.67 bits per heavy atom. The molecule has 198 valence electrons. The molecule has 1 amide bonds. The fourth-order valence-corrected chi connectivity index (χ4v) is 3.92. The number of carbonyl (C=O) groups excluding carboxylic acids is 1. The molecule has 5 rings (SSSR count). The molecule has 1 aliphatic rings. The normalized spacial score (nSPS) is 13.6. The second-order valence-electron chi connectivity index (χ2n) is 8.91. The summed E-state index contributed by atoms with van der Waals surface area (Å²) in [6.07, 6.45) is 6.18. The SMILES string of the molecule is COc1cc(C(=O)NC2COC2)ccc1Nc1ncc(-c2ccc(C#N)c(O[C@@H](C)Cn3cncn3)c2)cn1. The summed E-state index contributed by atoms with van der Waals surface area (Å²) in [5, 5.41) is 19.7. The van der Waals surface area contributed by atoms with Crippen molar-refractivity contribution >= 4 is 17.5 Å². The summed E-state index contributed by atoms with van der Waals surface area (Å²) in [7, 11) is 1.53. The van der Waals surface area contributed by atoms with Crippen LogP contribution in [-0.4, -0.2) is 63.1 Å². The third kappa shape index (κ3) is 6.11. The zero-order valence-electron chi connectivity index (χ0n) is 21.4. The Bertz CT molecular complexity index is 1480. The van der Waals surface area contributed by atoms with E-state index < -0.39 is 0 Å². The highest BCUT2D eigenvalue weighted by molar-refractivity contribution is 5.95. The quantitative estimate of drug-likeness (QED) is 0.316. The predicted octanol–water partition coefficient (Wildman–Crippen LogP) is 2.96. The molecule has 0 bridgehead atoms. The number of carbonyl (C=O) groups is 1. The number of aromatic nitrogens is 5. The molecule has 39 heavy (non-hydrogen) atoms. The summed E-state index contributed by atoms with van der Waals surface area (Å²) in [6, 6.07) is 12.6. The van der Waals surface area contributed by atoms with Gasteiger partial charge in [-0.1, -0.05) is 6.07 Å². The highest BCUT2D eigenvalue weighted by Gasteiger charge is 2.21. The van der Waals surface area contributed by atoms with E-state index in [9.17, 15) is 10.1 Å². The van der Waals surface area contributed by atoms with E-state index >= 15 is 0 Å². The van der Waals surface area contributed by atoms with E-state index in [2.05, 4.69) is 36.8 Å². The zero-order chi connectivity index (χ0) is 27.2. The van der Waals surface area contributed by atoms with Crippen molar-refractivity contribution in [3.05, 3.63) is 72.6 Å². The molecule has 1 atom stereocenters. The number of nitrogens with one attached hydrogen (secondary N) is 2. The Morgan fingerprint density at radius 1 is 1.18 bits per heavy atom. The molecular formula is C27H26N8O4. The first-order valence-corrected chi connectivity index (χ1v) is 12.2. The van der Waals surface area contributed by atoms with Crippen molar-refractivity contribution < 1.29 is 19.0 Å². The first-order valence-electron chi connectivity index (χ1n) is 12.2. The molecule has 12 heteroatoms. The van der Waals surface area contributed by atoms with Crippen LogP contribution in [0.5, 0.6) is 11.5 Å². The van der Waals surface area contributed by atoms with E-state index in [1.54, 1.807) is 53.7 Å². The number of anilines is 2. The molecule has 3 heterocycles. The van der Waals surface area contributed by atoms with E-state index in [1.165, 1.54) is 13.4 Å². The standard InChI is InChI=1S/C27H26N8O4/c1-17(12-35-16-29-15-32-35)39-24-7-18(3-4-20(24)9-28)21-10-30-27(31-11-21)34-23-6-5-19(8-25(23)37-2)26(36)33-22-13-38-14-22/h3-8,10-11,15-17,22H,12-14H2,1-2H3,(H,33,36)(H,30,31,34)/t17-/m0/s1. The molecule has 12 nitrogen and oxygen atoms in total. The molecule has 2 aromatic heterocycles. The van der Waals surface area contributed by atoms with Gasteiger partial charge in [0.05, 0.1) is 44.2 Å². The van der Waals surface area contributed by atoms with E-state index in [0.29, 0.717) is 54.0 Å². The van der Waals surface area contributed by atoms with Gasteiger partial charge in [0, 0.05) is 23.5 Å². The van der Waals surface area contributed by atoms with Crippen molar-refractivity contribution in [2.24, 2.45) is 0 Å². The van der Waals surface area contributed by atoms with Crippen molar-refractivity contribution in [2.75, 3.05) is 25.6 Å². The maximum Gasteiger partial charge on any atom is 0.251 e. The zero-order valence-corrected chi connectivity index (χ0v) is 21.4. The van der Waals surface area contributed by atoms with Crippen LogP contribution < -0.4 is 20.1 Å². The van der Waals surface area contributed by atoms with Gasteiger partial charge in [0.2, 0.25) is 5.95 Å². The highest BCUT2D eigenvalue weighted by Crippen LogP contribution is 2.30. The topological polar surface area (TPSA) is 149 Å². The Hall–Kier alpha value is -5.02. The fraction of sp³-hybridized carbons (Fsp3) is 0.259. The number of benzene rings is 2. The predicted molar refractivity (Wildman–Crippen MR) is 141 cm³/mol. The summed E-state index contributed by atoms with van der Waals surface area (Å²) >= 11 is 0. The number of amides is 1. The summed E-state index contributed by atoms with van der Waals surface area (Å²) in [5.41, 5.74) is 3.07. The molecule has 2 aromatic carbocycles. The van der Waals surface area contributed by atoms with Crippen molar-refractivity contribution in [3.63, 3.8) is 0 Å². The molecule has 1 aliphatic heterocycles. The molecule has 1 fully saturated rings. The smallest absolute Gasteiger partial charge is 0.251 e. The van der Waals surface area contributed by atoms with Crippen molar-refractivity contribution in [2.45, 2.75) is 25.6 Å². The van der Waals surface area contributed by atoms with E-state index in [4.69, 9.17) is 14.2 Å². The van der Waals surface area contributed by atoms with Crippen LogP contribution in [0.4, 0.5) is 11.6 Å². The van der Waals surface area contributed by atoms with Gasteiger partial charge in [0.1, 0.15) is 36.3 Å². The molecule has 0 saturated carbocycles.